The van der Waals surface area contributed by atoms with Crippen LogP contribution in [0.3, 0.4) is 0 Å². The molecule has 2 fully saturated rings. The zero-order valence-corrected chi connectivity index (χ0v) is 10.7. The van der Waals surface area contributed by atoms with Crippen molar-refractivity contribution in [1.82, 2.24) is 9.80 Å². The van der Waals surface area contributed by atoms with Gasteiger partial charge in [-0.2, -0.15) is 0 Å². The molecule has 0 unspecified atom stereocenters. The van der Waals surface area contributed by atoms with Crippen LogP contribution in [0, 0.1) is 0 Å². The van der Waals surface area contributed by atoms with E-state index in [1.807, 2.05) is 0 Å². The Morgan fingerprint density at radius 2 is 1.71 bits per heavy atom. The third-order valence-corrected chi connectivity index (χ3v) is 4.58. The molecule has 5 nitrogen and oxygen atoms in total. The van der Waals surface area contributed by atoms with Gasteiger partial charge in [0.1, 0.15) is 5.78 Å². The monoisotopic (exact) mass is 258 g/mol. The minimum atomic E-state index is -0.696. The molecule has 0 atom stereocenters. The molecule has 6 heteroatoms. The molecule has 0 spiro atoms. The molecular formula is C11H18N2O3S. The number of likely N-dealkylation sites (tertiary alicyclic amines) is 1. The number of ketones is 1. The molecular weight excluding hydrogens is 240 g/mol. The van der Waals surface area contributed by atoms with Gasteiger partial charge in [0.25, 0.3) is 0 Å². The first-order valence-electron chi connectivity index (χ1n) is 6.02. The van der Waals surface area contributed by atoms with E-state index in [1.165, 1.54) is 0 Å². The Morgan fingerprint density at radius 3 is 2.29 bits per heavy atom. The SMILES string of the molecule is O=C1CCN(C(=O)CN2CCS(=O)CC2)CC1. The summed E-state index contributed by atoms with van der Waals surface area (Å²) in [6, 6.07) is 0. The van der Waals surface area contributed by atoms with Crippen LogP contribution in [0.1, 0.15) is 12.8 Å². The van der Waals surface area contributed by atoms with Crippen LogP contribution in [-0.2, 0) is 20.4 Å². The molecule has 0 radical (unpaired) electrons. The second-order valence-electron chi connectivity index (χ2n) is 4.54. The van der Waals surface area contributed by atoms with E-state index < -0.39 is 10.8 Å². The summed E-state index contributed by atoms with van der Waals surface area (Å²) in [7, 11) is -0.696. The molecule has 96 valence electrons. The van der Waals surface area contributed by atoms with Gasteiger partial charge in [-0.3, -0.25) is 18.7 Å². The van der Waals surface area contributed by atoms with Gasteiger partial charge in [0, 0.05) is 61.3 Å². The Bertz CT molecular complexity index is 326. The lowest BCUT2D eigenvalue weighted by Crippen LogP contribution is -2.47. The Labute approximate surface area is 104 Å². The van der Waals surface area contributed by atoms with E-state index >= 15 is 0 Å². The minimum Gasteiger partial charge on any atom is -0.341 e. The molecule has 2 heterocycles. The normalized spacial score (nSPS) is 24.0. The summed E-state index contributed by atoms with van der Waals surface area (Å²) in [6.45, 7) is 3.02. The van der Waals surface area contributed by atoms with Crippen LogP contribution in [0.4, 0.5) is 0 Å². The molecule has 2 saturated heterocycles. The fourth-order valence-electron chi connectivity index (χ4n) is 2.13. The van der Waals surface area contributed by atoms with Crippen molar-refractivity contribution in [3.05, 3.63) is 0 Å². The summed E-state index contributed by atoms with van der Waals surface area (Å²) < 4.78 is 11.2. The standard InChI is InChI=1S/C11H18N2O3S/c14-10-1-3-13(4-2-10)11(15)9-12-5-7-17(16)8-6-12/h1-9H2. The summed E-state index contributed by atoms with van der Waals surface area (Å²) >= 11 is 0. The molecule has 0 bridgehead atoms. The molecule has 0 aromatic carbocycles. The molecule has 0 aromatic heterocycles. The van der Waals surface area contributed by atoms with Crippen LogP contribution in [0.25, 0.3) is 0 Å². The zero-order chi connectivity index (χ0) is 12.3. The maximum absolute atomic E-state index is 12.0. The summed E-state index contributed by atoms with van der Waals surface area (Å²) in [5.41, 5.74) is 0. The van der Waals surface area contributed by atoms with Crippen molar-refractivity contribution in [3.63, 3.8) is 0 Å². The molecule has 2 aliphatic rings. The van der Waals surface area contributed by atoms with E-state index in [4.69, 9.17) is 0 Å². The molecule has 0 aliphatic carbocycles. The number of carbonyl (C=O) groups excluding carboxylic acids is 2. The largest absolute Gasteiger partial charge is 0.341 e. The minimum absolute atomic E-state index is 0.102. The van der Waals surface area contributed by atoms with Gasteiger partial charge in [-0.1, -0.05) is 0 Å². The molecule has 2 aliphatic heterocycles. The fraction of sp³-hybridized carbons (Fsp3) is 0.818. The van der Waals surface area contributed by atoms with E-state index in [1.54, 1.807) is 4.90 Å². The van der Waals surface area contributed by atoms with Crippen LogP contribution in [0.5, 0.6) is 0 Å². The third kappa shape index (κ3) is 3.61. The second-order valence-corrected chi connectivity index (χ2v) is 6.24. The molecule has 2 rings (SSSR count). The molecule has 0 N–H and O–H groups in total. The van der Waals surface area contributed by atoms with Crippen LogP contribution in [0.15, 0.2) is 0 Å². The lowest BCUT2D eigenvalue weighted by molar-refractivity contribution is -0.135. The highest BCUT2D eigenvalue weighted by atomic mass is 32.2. The van der Waals surface area contributed by atoms with Gasteiger partial charge in [-0.05, 0) is 0 Å². The Morgan fingerprint density at radius 1 is 1.12 bits per heavy atom. The third-order valence-electron chi connectivity index (χ3n) is 3.30. The van der Waals surface area contributed by atoms with Gasteiger partial charge in [-0.25, -0.2) is 0 Å². The summed E-state index contributed by atoms with van der Waals surface area (Å²) in [5, 5.41) is 0. The lowest BCUT2D eigenvalue weighted by atomic mass is 10.1. The number of carbonyl (C=O) groups is 2. The Balaban J connectivity index is 1.77. The quantitative estimate of drug-likeness (QED) is 0.653. The number of amides is 1. The highest BCUT2D eigenvalue weighted by Crippen LogP contribution is 2.07. The molecule has 0 aromatic rings. The number of Topliss-reactive ketones (excluding diaryl/α,β-unsaturated/α-hetero) is 1. The predicted octanol–water partition coefficient (Wildman–Crippen LogP) is -0.758. The fourth-order valence-corrected chi connectivity index (χ4v) is 3.26. The van der Waals surface area contributed by atoms with E-state index in [0.29, 0.717) is 44.0 Å². The lowest BCUT2D eigenvalue weighted by Gasteiger charge is -2.30. The Kier molecular flexibility index (Phi) is 4.28. The maximum atomic E-state index is 12.0. The molecule has 0 saturated carbocycles. The average Bonchev–Trinajstić information content (AvgIpc) is 2.33. The van der Waals surface area contributed by atoms with E-state index in [0.717, 1.165) is 13.1 Å². The number of hydrogen-bond acceptors (Lipinski definition) is 4. The number of nitrogens with zero attached hydrogens (tertiary/aromatic N) is 2. The van der Waals surface area contributed by atoms with Gasteiger partial charge in [0.15, 0.2) is 0 Å². The summed E-state index contributed by atoms with van der Waals surface area (Å²) in [4.78, 5) is 26.9. The Hall–Kier alpha value is -0.750. The zero-order valence-electron chi connectivity index (χ0n) is 9.89. The second kappa shape index (κ2) is 5.73. The van der Waals surface area contributed by atoms with Gasteiger partial charge >= 0.3 is 0 Å². The smallest absolute Gasteiger partial charge is 0.236 e. The van der Waals surface area contributed by atoms with Crippen LogP contribution < -0.4 is 0 Å². The summed E-state index contributed by atoms with van der Waals surface area (Å²) in [5.74, 6) is 1.70. The van der Waals surface area contributed by atoms with Crippen molar-refractivity contribution in [1.29, 1.82) is 0 Å². The van der Waals surface area contributed by atoms with Gasteiger partial charge in [0.2, 0.25) is 5.91 Å². The van der Waals surface area contributed by atoms with Crippen molar-refractivity contribution in [2.24, 2.45) is 0 Å². The van der Waals surface area contributed by atoms with Crippen molar-refractivity contribution in [3.8, 4) is 0 Å². The van der Waals surface area contributed by atoms with Crippen LogP contribution in [-0.4, -0.2) is 69.9 Å². The van der Waals surface area contributed by atoms with Gasteiger partial charge in [0.05, 0.1) is 6.54 Å². The highest BCUT2D eigenvalue weighted by Gasteiger charge is 2.24. The number of rotatable bonds is 2. The average molecular weight is 258 g/mol. The van der Waals surface area contributed by atoms with Crippen LogP contribution in [0.2, 0.25) is 0 Å². The van der Waals surface area contributed by atoms with Crippen LogP contribution >= 0.6 is 0 Å². The van der Waals surface area contributed by atoms with E-state index in [2.05, 4.69) is 4.90 Å². The first-order chi connectivity index (χ1) is 8.15. The van der Waals surface area contributed by atoms with Crippen molar-refractivity contribution in [2.75, 3.05) is 44.2 Å². The van der Waals surface area contributed by atoms with Crippen molar-refractivity contribution in [2.45, 2.75) is 12.8 Å². The topological polar surface area (TPSA) is 57.7 Å². The number of hydrogen-bond donors (Lipinski definition) is 0. The van der Waals surface area contributed by atoms with E-state index in [-0.39, 0.29) is 11.7 Å². The maximum Gasteiger partial charge on any atom is 0.236 e. The highest BCUT2D eigenvalue weighted by molar-refractivity contribution is 7.85. The molecule has 17 heavy (non-hydrogen) atoms. The first kappa shape index (κ1) is 12.7. The van der Waals surface area contributed by atoms with E-state index in [9.17, 15) is 13.8 Å². The summed E-state index contributed by atoms with van der Waals surface area (Å²) in [6.07, 6.45) is 0.992. The first-order valence-corrected chi connectivity index (χ1v) is 7.51. The van der Waals surface area contributed by atoms with Gasteiger partial charge in [-0.15, -0.1) is 0 Å². The van der Waals surface area contributed by atoms with Crippen molar-refractivity contribution >= 4 is 22.5 Å². The molecule has 1 amide bonds. The predicted molar refractivity (Wildman–Crippen MR) is 65.1 cm³/mol. The number of piperidine rings is 1. The van der Waals surface area contributed by atoms with Gasteiger partial charge < -0.3 is 4.90 Å². The van der Waals surface area contributed by atoms with Crippen molar-refractivity contribution < 1.29 is 13.8 Å².